The first-order chi connectivity index (χ1) is 14.0. The van der Waals surface area contributed by atoms with Crippen molar-refractivity contribution in [1.82, 2.24) is 0 Å². The molecule has 0 saturated carbocycles. The van der Waals surface area contributed by atoms with Gasteiger partial charge in [0.15, 0.2) is 0 Å². The van der Waals surface area contributed by atoms with E-state index in [1.165, 1.54) is 10.4 Å². The van der Waals surface area contributed by atoms with Crippen LogP contribution in [0.2, 0.25) is 5.04 Å². The van der Waals surface area contributed by atoms with Gasteiger partial charge in [0.05, 0.1) is 12.4 Å². The van der Waals surface area contributed by atoms with E-state index in [1.54, 1.807) is 7.11 Å². The molecule has 1 aliphatic heterocycles. The van der Waals surface area contributed by atoms with Crippen molar-refractivity contribution in [3.8, 4) is 0 Å². The van der Waals surface area contributed by atoms with Crippen LogP contribution in [-0.2, 0) is 13.9 Å². The summed E-state index contributed by atoms with van der Waals surface area (Å²) in [5.41, 5.74) is 0. The summed E-state index contributed by atoms with van der Waals surface area (Å²) in [6.07, 6.45) is 6.82. The zero-order valence-electron chi connectivity index (χ0n) is 18.1. The van der Waals surface area contributed by atoms with E-state index in [2.05, 4.69) is 87.5 Å². The van der Waals surface area contributed by atoms with Crippen molar-refractivity contribution in [2.45, 2.75) is 57.3 Å². The number of ether oxygens (including phenoxy) is 2. The maximum atomic E-state index is 6.98. The fourth-order valence-corrected chi connectivity index (χ4v) is 8.95. The van der Waals surface area contributed by atoms with E-state index in [1.807, 2.05) is 6.26 Å². The normalized spacial score (nSPS) is 20.1. The second kappa shape index (κ2) is 9.75. The van der Waals surface area contributed by atoms with E-state index in [-0.39, 0.29) is 17.2 Å². The Kier molecular flexibility index (Phi) is 7.33. The largest absolute Gasteiger partial charge is 0.496 e. The highest BCUT2D eigenvalue weighted by Gasteiger charge is 2.50. The molecular formula is C25H34O3Si. The average Bonchev–Trinajstić information content (AvgIpc) is 2.96. The van der Waals surface area contributed by atoms with Gasteiger partial charge in [0.2, 0.25) is 0 Å². The van der Waals surface area contributed by atoms with Gasteiger partial charge in [-0.1, -0.05) is 81.4 Å². The minimum absolute atomic E-state index is 0.0133. The predicted molar refractivity (Wildman–Crippen MR) is 122 cm³/mol. The van der Waals surface area contributed by atoms with Gasteiger partial charge >= 0.3 is 0 Å². The molecule has 0 N–H and O–H groups in total. The van der Waals surface area contributed by atoms with Crippen molar-refractivity contribution < 1.29 is 13.9 Å². The highest BCUT2D eigenvalue weighted by Crippen LogP contribution is 2.37. The molecule has 0 radical (unpaired) electrons. The first-order valence-corrected chi connectivity index (χ1v) is 12.5. The molecule has 0 aliphatic carbocycles. The van der Waals surface area contributed by atoms with Crippen LogP contribution in [-0.4, -0.2) is 34.2 Å². The van der Waals surface area contributed by atoms with Crippen LogP contribution in [0.1, 0.15) is 40.0 Å². The van der Waals surface area contributed by atoms with Gasteiger partial charge in [0.25, 0.3) is 8.32 Å². The molecule has 1 aliphatic rings. The Hall–Kier alpha value is -1.88. The van der Waals surface area contributed by atoms with Gasteiger partial charge in [-0.05, 0) is 34.3 Å². The van der Waals surface area contributed by atoms with Crippen molar-refractivity contribution in [1.29, 1.82) is 0 Å². The summed E-state index contributed by atoms with van der Waals surface area (Å²) in [4.78, 5) is 0. The summed E-state index contributed by atoms with van der Waals surface area (Å²) >= 11 is 0. The summed E-state index contributed by atoms with van der Waals surface area (Å²) < 4.78 is 18.6. The van der Waals surface area contributed by atoms with Gasteiger partial charge in [-0.3, -0.25) is 0 Å². The Bertz CT molecular complexity index is 728. The second-order valence-corrected chi connectivity index (χ2v) is 13.0. The van der Waals surface area contributed by atoms with E-state index < -0.39 is 8.32 Å². The van der Waals surface area contributed by atoms with Crippen molar-refractivity contribution >= 4 is 18.7 Å². The predicted octanol–water partition coefficient (Wildman–Crippen LogP) is 4.66. The average molecular weight is 411 g/mol. The van der Waals surface area contributed by atoms with Gasteiger partial charge in [0, 0.05) is 20.1 Å². The number of benzene rings is 2. The molecule has 3 rings (SSSR count). The monoisotopic (exact) mass is 410 g/mol. The van der Waals surface area contributed by atoms with Crippen LogP contribution in [0.3, 0.4) is 0 Å². The Morgan fingerprint density at radius 3 is 2.07 bits per heavy atom. The zero-order valence-corrected chi connectivity index (χ0v) is 19.1. The molecule has 156 valence electrons. The number of hydrogen-bond acceptors (Lipinski definition) is 3. The van der Waals surface area contributed by atoms with Crippen LogP contribution >= 0.6 is 0 Å². The van der Waals surface area contributed by atoms with Gasteiger partial charge in [0.1, 0.15) is 6.10 Å². The number of rotatable bonds is 7. The van der Waals surface area contributed by atoms with E-state index in [9.17, 15) is 0 Å². The van der Waals surface area contributed by atoms with Crippen LogP contribution < -0.4 is 10.4 Å². The molecule has 0 amide bonds. The topological polar surface area (TPSA) is 27.7 Å². The molecule has 0 spiro atoms. The summed E-state index contributed by atoms with van der Waals surface area (Å²) in [5.74, 6) is 0. The first-order valence-electron chi connectivity index (χ1n) is 10.6. The SMILES string of the molecule is CO[C@H]1CCC=CO[C@@H]1CCO[Si](c1ccccc1)(c1ccccc1)C(C)(C)C. The second-order valence-electron chi connectivity index (χ2n) is 8.70. The fourth-order valence-electron chi connectivity index (χ4n) is 4.37. The molecule has 0 bridgehead atoms. The van der Waals surface area contributed by atoms with E-state index in [0.717, 1.165) is 19.3 Å². The fraction of sp³-hybridized carbons (Fsp3) is 0.440. The summed E-state index contributed by atoms with van der Waals surface area (Å²) in [6.45, 7) is 7.57. The lowest BCUT2D eigenvalue weighted by molar-refractivity contribution is -0.0274. The number of methoxy groups -OCH3 is 1. The van der Waals surface area contributed by atoms with Crippen LogP contribution in [0.25, 0.3) is 0 Å². The molecule has 3 nitrogen and oxygen atoms in total. The Labute approximate surface area is 176 Å². The van der Waals surface area contributed by atoms with Crippen molar-refractivity contribution in [3.63, 3.8) is 0 Å². The molecule has 2 aromatic rings. The zero-order chi connectivity index (χ0) is 20.7. The molecule has 0 saturated heterocycles. The van der Waals surface area contributed by atoms with Gasteiger partial charge in [-0.2, -0.15) is 0 Å². The van der Waals surface area contributed by atoms with Crippen LogP contribution in [0.4, 0.5) is 0 Å². The third kappa shape index (κ3) is 4.82. The molecule has 29 heavy (non-hydrogen) atoms. The minimum atomic E-state index is -2.49. The molecule has 0 fully saturated rings. The van der Waals surface area contributed by atoms with E-state index in [0.29, 0.717) is 6.61 Å². The molecule has 2 atom stereocenters. The van der Waals surface area contributed by atoms with Crippen molar-refractivity contribution in [2.75, 3.05) is 13.7 Å². The van der Waals surface area contributed by atoms with Gasteiger partial charge in [-0.15, -0.1) is 0 Å². The summed E-state index contributed by atoms with van der Waals surface area (Å²) in [6, 6.07) is 21.5. The summed E-state index contributed by atoms with van der Waals surface area (Å²) in [7, 11) is -0.720. The van der Waals surface area contributed by atoms with Crippen molar-refractivity contribution in [3.05, 3.63) is 73.0 Å². The van der Waals surface area contributed by atoms with E-state index in [4.69, 9.17) is 13.9 Å². The van der Waals surface area contributed by atoms with Crippen molar-refractivity contribution in [2.24, 2.45) is 0 Å². The Morgan fingerprint density at radius 2 is 1.55 bits per heavy atom. The summed E-state index contributed by atoms with van der Waals surface area (Å²) in [5, 5.41) is 2.60. The maximum Gasteiger partial charge on any atom is 0.261 e. The lowest BCUT2D eigenvalue weighted by Gasteiger charge is -2.43. The maximum absolute atomic E-state index is 6.98. The van der Waals surface area contributed by atoms with Gasteiger partial charge < -0.3 is 13.9 Å². The molecule has 0 unspecified atom stereocenters. The van der Waals surface area contributed by atoms with Crippen LogP contribution in [0.15, 0.2) is 73.0 Å². The van der Waals surface area contributed by atoms with E-state index >= 15 is 0 Å². The highest BCUT2D eigenvalue weighted by atomic mass is 28.4. The lowest BCUT2D eigenvalue weighted by atomic mass is 10.1. The number of hydrogen-bond donors (Lipinski definition) is 0. The molecule has 1 heterocycles. The third-order valence-electron chi connectivity index (χ3n) is 5.82. The first kappa shape index (κ1) is 21.8. The highest BCUT2D eigenvalue weighted by molar-refractivity contribution is 6.99. The molecule has 4 heteroatoms. The quantitative estimate of drug-likeness (QED) is 0.621. The van der Waals surface area contributed by atoms with Crippen LogP contribution in [0.5, 0.6) is 0 Å². The Morgan fingerprint density at radius 1 is 0.966 bits per heavy atom. The molecule has 0 aromatic heterocycles. The molecular weight excluding hydrogens is 376 g/mol. The van der Waals surface area contributed by atoms with Gasteiger partial charge in [-0.25, -0.2) is 0 Å². The minimum Gasteiger partial charge on any atom is -0.496 e. The molecule has 2 aromatic carbocycles. The Balaban J connectivity index is 1.90. The lowest BCUT2D eigenvalue weighted by Crippen LogP contribution is -2.66. The third-order valence-corrected chi connectivity index (χ3v) is 10.9. The smallest absolute Gasteiger partial charge is 0.261 e. The standard InChI is InChI=1S/C25H34O3Si/c1-25(2,3)29(21-13-7-5-8-14-21,22-15-9-6-10-16-22)28-20-18-24-23(26-4)17-11-12-19-27-24/h5-10,12-16,19,23-24H,11,17-18,20H2,1-4H3/t23-,24+/m0/s1. The number of allylic oxidation sites excluding steroid dienone is 1. The van der Waals surface area contributed by atoms with Crippen LogP contribution in [0, 0.1) is 0 Å².